The van der Waals surface area contributed by atoms with Gasteiger partial charge in [-0.15, -0.1) is 0 Å². The zero-order chi connectivity index (χ0) is 26.7. The lowest BCUT2D eigenvalue weighted by atomic mass is 9.96. The van der Waals surface area contributed by atoms with Gasteiger partial charge in [-0.2, -0.15) is 0 Å². The van der Waals surface area contributed by atoms with Crippen LogP contribution in [0.15, 0.2) is 50.8 Å². The Labute approximate surface area is 217 Å². The van der Waals surface area contributed by atoms with Crippen molar-refractivity contribution in [2.75, 3.05) is 0 Å². The second kappa shape index (κ2) is 7.22. The molecule has 0 heterocycles. The Bertz CT molecular complexity index is 2030. The molecular formula is C33H24O5. The lowest BCUT2D eigenvalue weighted by Gasteiger charge is -2.11. The predicted molar refractivity (Wildman–Crippen MR) is 156 cm³/mol. The Morgan fingerprint density at radius 2 is 0.789 bits per heavy atom. The Morgan fingerprint density at radius 3 is 1.18 bits per heavy atom. The maximum atomic E-state index is 14.1. The summed E-state index contributed by atoms with van der Waals surface area (Å²) < 4.78 is 0. The van der Waals surface area contributed by atoms with Gasteiger partial charge in [0.05, 0.1) is 11.2 Å². The molecular weight excluding hydrogens is 476 g/mol. The molecule has 4 aromatic rings. The van der Waals surface area contributed by atoms with Crippen molar-refractivity contribution in [1.82, 2.24) is 0 Å². The molecule has 0 aromatic heterocycles. The van der Waals surface area contributed by atoms with Crippen LogP contribution >= 0.6 is 0 Å². The van der Waals surface area contributed by atoms with Crippen molar-refractivity contribution >= 4 is 68.8 Å². The fourth-order valence-corrected chi connectivity index (χ4v) is 6.11. The molecule has 3 unspecified atom stereocenters. The molecule has 0 spiro atoms. The van der Waals surface area contributed by atoms with E-state index in [2.05, 4.69) is 0 Å². The fourth-order valence-electron chi connectivity index (χ4n) is 6.11. The highest BCUT2D eigenvalue weighted by Crippen LogP contribution is 2.44. The molecule has 0 saturated heterocycles. The molecule has 4 aromatic carbocycles. The smallest absolute Gasteiger partial charge is 0.194 e. The van der Waals surface area contributed by atoms with Crippen LogP contribution in [0.25, 0.3) is 68.8 Å². The average Bonchev–Trinajstić information content (AvgIpc) is 3.18. The molecule has 186 valence electrons. The van der Waals surface area contributed by atoms with Crippen LogP contribution in [0.5, 0.6) is 0 Å². The van der Waals surface area contributed by atoms with Gasteiger partial charge in [-0.25, -0.2) is 0 Å². The summed E-state index contributed by atoms with van der Waals surface area (Å²) in [6.45, 7) is 5.27. The summed E-state index contributed by atoms with van der Waals surface area (Å²) >= 11 is 0. The minimum atomic E-state index is -1.25. The van der Waals surface area contributed by atoms with Gasteiger partial charge in [0, 0.05) is 49.0 Å². The molecule has 0 amide bonds. The van der Waals surface area contributed by atoms with Crippen LogP contribution in [0.1, 0.15) is 54.2 Å². The maximum Gasteiger partial charge on any atom is 0.194 e. The first-order chi connectivity index (χ1) is 18.0. The van der Waals surface area contributed by atoms with Crippen molar-refractivity contribution in [3.8, 4) is 0 Å². The highest BCUT2D eigenvalue weighted by molar-refractivity contribution is 6.33. The Kier molecular flexibility index (Phi) is 4.36. The summed E-state index contributed by atoms with van der Waals surface area (Å²) in [5.41, 5.74) is -0.223. The molecule has 5 heteroatoms. The molecule has 3 aliphatic rings. The van der Waals surface area contributed by atoms with E-state index in [4.69, 9.17) is 0 Å². The molecule has 3 atom stereocenters. The number of rotatable bonds is 0. The van der Waals surface area contributed by atoms with Crippen LogP contribution in [0, 0.1) is 5.92 Å². The van der Waals surface area contributed by atoms with Crippen molar-refractivity contribution in [3.05, 3.63) is 101 Å². The third-order valence-corrected chi connectivity index (χ3v) is 8.08. The van der Waals surface area contributed by atoms with Crippen LogP contribution in [-0.4, -0.2) is 21.4 Å². The van der Waals surface area contributed by atoms with E-state index in [9.17, 15) is 24.6 Å². The highest BCUT2D eigenvalue weighted by atomic mass is 16.3. The van der Waals surface area contributed by atoms with E-state index < -0.39 is 11.2 Å². The van der Waals surface area contributed by atoms with Crippen molar-refractivity contribution in [2.24, 2.45) is 5.92 Å². The van der Waals surface area contributed by atoms with Gasteiger partial charge in [0.2, 0.25) is 0 Å². The number of benzene rings is 1. The summed E-state index contributed by atoms with van der Waals surface area (Å²) in [6.07, 6.45) is 20.6. The SMILES string of the molecule is CC1C=Cc2c(c3c(c2=O)c2c4c(c(=O)c2c2c5c(c(=O)c32)C=CC(C)(O)C=C5)C=CC(C)(O)C=C4)C=C1. The molecule has 0 aliphatic heterocycles. The first kappa shape index (κ1) is 23.0. The minimum Gasteiger partial charge on any atom is -0.382 e. The zero-order valence-electron chi connectivity index (χ0n) is 21.1. The van der Waals surface area contributed by atoms with Gasteiger partial charge in [0.25, 0.3) is 0 Å². The number of aliphatic hydroxyl groups is 2. The van der Waals surface area contributed by atoms with Crippen LogP contribution < -0.4 is 16.3 Å². The molecule has 5 nitrogen and oxygen atoms in total. The van der Waals surface area contributed by atoms with Crippen molar-refractivity contribution in [2.45, 2.75) is 32.0 Å². The van der Waals surface area contributed by atoms with E-state index >= 15 is 0 Å². The second-order valence-corrected chi connectivity index (χ2v) is 11.1. The Morgan fingerprint density at radius 1 is 0.500 bits per heavy atom. The molecule has 0 fully saturated rings. The largest absolute Gasteiger partial charge is 0.382 e. The standard InChI is InChI=1S/C33H24O5/c1-16-4-6-17-20(7-5-16)29(34)26-23(17)27-25(19-9-13-33(3,38)14-10-21(19)30(27)35)28-24(26)18-8-12-32(2,37)15-11-22(18)31(28)36/h4-16,37-38H,1-3H3. The normalized spacial score (nSPS) is 25.7. The van der Waals surface area contributed by atoms with Gasteiger partial charge < -0.3 is 10.2 Å². The first-order valence-corrected chi connectivity index (χ1v) is 12.7. The molecule has 3 aliphatic carbocycles. The van der Waals surface area contributed by atoms with Gasteiger partial charge in [0.15, 0.2) is 16.3 Å². The van der Waals surface area contributed by atoms with Crippen LogP contribution in [0.2, 0.25) is 0 Å². The van der Waals surface area contributed by atoms with E-state index in [1.165, 1.54) is 0 Å². The Hall–Kier alpha value is -4.19. The summed E-state index contributed by atoms with van der Waals surface area (Å²) in [5.74, 6) is 0.117. The van der Waals surface area contributed by atoms with Gasteiger partial charge in [-0.05, 0) is 60.8 Å². The van der Waals surface area contributed by atoms with Gasteiger partial charge >= 0.3 is 0 Å². The molecule has 0 bridgehead atoms. The quantitative estimate of drug-likeness (QED) is 0.362. The van der Waals surface area contributed by atoms with E-state index in [0.29, 0.717) is 65.7 Å². The van der Waals surface area contributed by atoms with E-state index in [-0.39, 0.29) is 22.2 Å². The summed E-state index contributed by atoms with van der Waals surface area (Å²) in [7, 11) is 0. The molecule has 0 saturated carbocycles. The fraction of sp³-hybridized carbons (Fsp3) is 0.182. The van der Waals surface area contributed by atoms with Crippen LogP contribution in [-0.2, 0) is 0 Å². The molecule has 38 heavy (non-hydrogen) atoms. The molecule has 0 radical (unpaired) electrons. The summed E-state index contributed by atoms with van der Waals surface area (Å²) in [6, 6.07) is 0. The summed E-state index contributed by atoms with van der Waals surface area (Å²) in [4.78, 5) is 42.2. The number of hydrogen-bond acceptors (Lipinski definition) is 5. The van der Waals surface area contributed by atoms with E-state index in [1.54, 1.807) is 62.5 Å². The van der Waals surface area contributed by atoms with Gasteiger partial charge in [-0.1, -0.05) is 55.5 Å². The van der Waals surface area contributed by atoms with Crippen LogP contribution in [0.3, 0.4) is 0 Å². The maximum absolute atomic E-state index is 14.1. The molecule has 2 N–H and O–H groups in total. The number of hydrogen-bond donors (Lipinski definition) is 2. The number of fused-ring (bicyclic) bond motifs is 12. The Balaban J connectivity index is 1.82. The van der Waals surface area contributed by atoms with E-state index in [0.717, 1.165) is 0 Å². The lowest BCUT2D eigenvalue weighted by Crippen LogP contribution is -2.15. The topological polar surface area (TPSA) is 91.7 Å². The summed E-state index contributed by atoms with van der Waals surface area (Å²) in [5, 5.41) is 23.9. The van der Waals surface area contributed by atoms with Gasteiger partial charge in [0.1, 0.15) is 0 Å². The van der Waals surface area contributed by atoms with Crippen molar-refractivity contribution < 1.29 is 10.2 Å². The second-order valence-electron chi connectivity index (χ2n) is 11.1. The average molecular weight is 501 g/mol. The predicted octanol–water partition coefficient (Wildman–Crippen LogP) is 4.80. The minimum absolute atomic E-state index is 0.117. The molecule has 7 rings (SSSR count). The van der Waals surface area contributed by atoms with Crippen LogP contribution in [0.4, 0.5) is 0 Å². The van der Waals surface area contributed by atoms with Crippen molar-refractivity contribution in [1.29, 1.82) is 0 Å². The number of allylic oxidation sites excluding steroid dienone is 2. The third-order valence-electron chi connectivity index (χ3n) is 8.08. The zero-order valence-corrected chi connectivity index (χ0v) is 21.1. The third kappa shape index (κ3) is 2.91. The highest BCUT2D eigenvalue weighted by Gasteiger charge is 2.32. The van der Waals surface area contributed by atoms with Gasteiger partial charge in [-0.3, -0.25) is 14.4 Å². The first-order valence-electron chi connectivity index (χ1n) is 12.7. The van der Waals surface area contributed by atoms with E-state index in [1.807, 2.05) is 31.2 Å². The van der Waals surface area contributed by atoms with Crippen molar-refractivity contribution in [3.63, 3.8) is 0 Å². The monoisotopic (exact) mass is 500 g/mol. The lowest BCUT2D eigenvalue weighted by molar-refractivity contribution is 0.165.